The monoisotopic (exact) mass is 213 g/mol. The van der Waals surface area contributed by atoms with Gasteiger partial charge in [0.1, 0.15) is 0 Å². The molecular weight excluding hydrogens is 186 g/mol. The van der Waals surface area contributed by atoms with E-state index in [1.54, 1.807) is 0 Å². The number of likely N-dealkylation sites (tertiary alicyclic amines) is 1. The molecule has 0 saturated carbocycles. The van der Waals surface area contributed by atoms with Crippen LogP contribution in [0.1, 0.15) is 26.7 Å². The molecule has 0 bridgehead atoms. The molecule has 0 aliphatic carbocycles. The maximum atomic E-state index is 5.81. The number of hydrogen-bond acceptors (Lipinski definition) is 3. The van der Waals surface area contributed by atoms with Crippen LogP contribution in [0.15, 0.2) is 0 Å². The van der Waals surface area contributed by atoms with E-state index in [0.29, 0.717) is 11.5 Å². The maximum absolute atomic E-state index is 5.81. The molecule has 0 aromatic carbocycles. The van der Waals surface area contributed by atoms with Gasteiger partial charge in [0, 0.05) is 5.54 Å². The van der Waals surface area contributed by atoms with Gasteiger partial charge in [0.2, 0.25) is 0 Å². The fourth-order valence-electron chi connectivity index (χ4n) is 2.60. The molecule has 1 heterocycles. The van der Waals surface area contributed by atoms with Crippen molar-refractivity contribution in [2.75, 3.05) is 40.3 Å². The topological polar surface area (TPSA) is 32.5 Å². The largest absolute Gasteiger partial charge is 0.330 e. The lowest BCUT2D eigenvalue weighted by Gasteiger charge is -2.36. The highest BCUT2D eigenvalue weighted by Crippen LogP contribution is 2.33. The van der Waals surface area contributed by atoms with Crippen molar-refractivity contribution in [1.29, 1.82) is 0 Å². The minimum Gasteiger partial charge on any atom is -0.330 e. The molecule has 1 atom stereocenters. The molecule has 1 unspecified atom stereocenters. The molecule has 3 nitrogen and oxygen atoms in total. The first-order valence-corrected chi connectivity index (χ1v) is 6.08. The third-order valence-electron chi connectivity index (χ3n) is 3.88. The predicted octanol–water partition coefficient (Wildman–Crippen LogP) is 0.997. The van der Waals surface area contributed by atoms with Crippen molar-refractivity contribution in [2.45, 2.75) is 32.2 Å². The summed E-state index contributed by atoms with van der Waals surface area (Å²) < 4.78 is 0. The van der Waals surface area contributed by atoms with Crippen LogP contribution < -0.4 is 5.73 Å². The zero-order chi connectivity index (χ0) is 11.5. The van der Waals surface area contributed by atoms with Gasteiger partial charge >= 0.3 is 0 Å². The SMILES string of the molecule is CN(C)CCCN1CCC(CN)C1(C)C. The van der Waals surface area contributed by atoms with Crippen molar-refractivity contribution in [3.63, 3.8) is 0 Å². The average molecular weight is 213 g/mol. The highest BCUT2D eigenvalue weighted by Gasteiger charge is 2.39. The Morgan fingerprint density at radius 2 is 2.07 bits per heavy atom. The normalized spacial score (nSPS) is 26.4. The van der Waals surface area contributed by atoms with Crippen LogP contribution in [-0.4, -0.2) is 55.6 Å². The van der Waals surface area contributed by atoms with E-state index in [1.807, 2.05) is 0 Å². The number of nitrogens with zero attached hydrogens (tertiary/aromatic N) is 2. The summed E-state index contributed by atoms with van der Waals surface area (Å²) in [5, 5.41) is 0. The first-order valence-electron chi connectivity index (χ1n) is 6.08. The molecule has 1 rings (SSSR count). The Labute approximate surface area is 94.6 Å². The summed E-state index contributed by atoms with van der Waals surface area (Å²) in [6.07, 6.45) is 2.53. The van der Waals surface area contributed by atoms with Crippen molar-refractivity contribution in [3.05, 3.63) is 0 Å². The van der Waals surface area contributed by atoms with Crippen LogP contribution in [0.25, 0.3) is 0 Å². The average Bonchev–Trinajstić information content (AvgIpc) is 2.41. The van der Waals surface area contributed by atoms with Crippen LogP contribution in [0.2, 0.25) is 0 Å². The molecule has 0 spiro atoms. The molecule has 0 radical (unpaired) electrons. The Balaban J connectivity index is 2.37. The minimum atomic E-state index is 0.307. The molecule has 15 heavy (non-hydrogen) atoms. The number of nitrogens with two attached hydrogens (primary N) is 1. The lowest BCUT2D eigenvalue weighted by Crippen LogP contribution is -2.45. The van der Waals surface area contributed by atoms with Gasteiger partial charge in [-0.15, -0.1) is 0 Å². The number of rotatable bonds is 5. The summed E-state index contributed by atoms with van der Waals surface area (Å²) in [6.45, 7) is 9.13. The van der Waals surface area contributed by atoms with Crippen LogP contribution in [0, 0.1) is 5.92 Å². The third kappa shape index (κ3) is 3.16. The fraction of sp³-hybridized carbons (Fsp3) is 1.00. The quantitative estimate of drug-likeness (QED) is 0.739. The van der Waals surface area contributed by atoms with Crippen molar-refractivity contribution < 1.29 is 0 Å². The zero-order valence-electron chi connectivity index (χ0n) is 10.8. The Kier molecular flexibility index (Phi) is 4.56. The van der Waals surface area contributed by atoms with E-state index in [9.17, 15) is 0 Å². The second-order valence-corrected chi connectivity index (χ2v) is 5.52. The first kappa shape index (κ1) is 12.9. The van der Waals surface area contributed by atoms with E-state index in [4.69, 9.17) is 5.73 Å². The zero-order valence-corrected chi connectivity index (χ0v) is 10.8. The lowest BCUT2D eigenvalue weighted by atomic mass is 9.88. The highest BCUT2D eigenvalue weighted by molar-refractivity contribution is 4.95. The first-order chi connectivity index (χ1) is 6.98. The van der Waals surface area contributed by atoms with Gasteiger partial charge in [-0.05, 0) is 72.9 Å². The van der Waals surface area contributed by atoms with Gasteiger partial charge in [-0.25, -0.2) is 0 Å². The van der Waals surface area contributed by atoms with Gasteiger partial charge in [-0.3, -0.25) is 4.90 Å². The van der Waals surface area contributed by atoms with Crippen molar-refractivity contribution in [2.24, 2.45) is 11.7 Å². The van der Waals surface area contributed by atoms with Crippen LogP contribution in [-0.2, 0) is 0 Å². The molecule has 3 heteroatoms. The van der Waals surface area contributed by atoms with E-state index in [-0.39, 0.29) is 0 Å². The molecule has 2 N–H and O–H groups in total. The van der Waals surface area contributed by atoms with Crippen molar-refractivity contribution >= 4 is 0 Å². The van der Waals surface area contributed by atoms with Gasteiger partial charge in [-0.1, -0.05) is 0 Å². The van der Waals surface area contributed by atoms with Gasteiger partial charge in [0.15, 0.2) is 0 Å². The van der Waals surface area contributed by atoms with Gasteiger partial charge < -0.3 is 10.6 Å². The van der Waals surface area contributed by atoms with Crippen molar-refractivity contribution in [3.8, 4) is 0 Å². The van der Waals surface area contributed by atoms with Crippen LogP contribution in [0.4, 0.5) is 0 Å². The smallest absolute Gasteiger partial charge is 0.0193 e. The molecule has 1 fully saturated rings. The molecule has 1 saturated heterocycles. The van der Waals surface area contributed by atoms with Gasteiger partial charge in [0.05, 0.1) is 0 Å². The summed E-state index contributed by atoms with van der Waals surface area (Å²) in [6, 6.07) is 0. The van der Waals surface area contributed by atoms with Crippen LogP contribution in [0.3, 0.4) is 0 Å². The fourth-order valence-corrected chi connectivity index (χ4v) is 2.60. The van der Waals surface area contributed by atoms with E-state index in [1.165, 1.54) is 32.5 Å². The minimum absolute atomic E-state index is 0.307. The molecule has 0 aromatic heterocycles. The second-order valence-electron chi connectivity index (χ2n) is 5.52. The van der Waals surface area contributed by atoms with E-state index in [2.05, 4.69) is 37.7 Å². The highest BCUT2D eigenvalue weighted by atomic mass is 15.2. The molecular formula is C12H27N3. The third-order valence-corrected chi connectivity index (χ3v) is 3.88. The molecule has 0 amide bonds. The molecule has 90 valence electrons. The number of hydrogen-bond donors (Lipinski definition) is 1. The van der Waals surface area contributed by atoms with Crippen LogP contribution in [0.5, 0.6) is 0 Å². The Morgan fingerprint density at radius 1 is 1.40 bits per heavy atom. The molecule has 1 aliphatic heterocycles. The van der Waals surface area contributed by atoms with E-state index in [0.717, 1.165) is 6.54 Å². The maximum Gasteiger partial charge on any atom is 0.0193 e. The van der Waals surface area contributed by atoms with E-state index >= 15 is 0 Å². The Morgan fingerprint density at radius 3 is 2.53 bits per heavy atom. The Hall–Kier alpha value is -0.120. The summed E-state index contributed by atoms with van der Waals surface area (Å²) in [5.74, 6) is 0.678. The summed E-state index contributed by atoms with van der Waals surface area (Å²) in [4.78, 5) is 4.86. The summed E-state index contributed by atoms with van der Waals surface area (Å²) >= 11 is 0. The molecule has 1 aliphatic rings. The van der Waals surface area contributed by atoms with Gasteiger partial charge in [-0.2, -0.15) is 0 Å². The van der Waals surface area contributed by atoms with Crippen LogP contribution >= 0.6 is 0 Å². The summed E-state index contributed by atoms with van der Waals surface area (Å²) in [5.41, 5.74) is 6.12. The molecule has 0 aromatic rings. The standard InChI is InChI=1S/C12H27N3/c1-12(2)11(10-13)6-9-15(12)8-5-7-14(3)4/h11H,5-10,13H2,1-4H3. The van der Waals surface area contributed by atoms with Gasteiger partial charge in [0.25, 0.3) is 0 Å². The second kappa shape index (κ2) is 5.28. The predicted molar refractivity (Wildman–Crippen MR) is 66.0 cm³/mol. The summed E-state index contributed by atoms with van der Waals surface area (Å²) in [7, 11) is 4.27. The lowest BCUT2D eigenvalue weighted by molar-refractivity contribution is 0.136. The van der Waals surface area contributed by atoms with Crippen molar-refractivity contribution in [1.82, 2.24) is 9.80 Å². The van der Waals surface area contributed by atoms with E-state index < -0.39 is 0 Å². The Bertz CT molecular complexity index is 189.